The molecule has 6 N–H and O–H groups in total. The van der Waals surface area contributed by atoms with Crippen molar-refractivity contribution in [3.05, 3.63) is 22.4 Å². The molecule has 1 unspecified atom stereocenters. The number of carbonyl (C=O) groups excluding carboxylic acids is 3. The molecule has 13 nitrogen and oxygen atoms in total. The predicted molar refractivity (Wildman–Crippen MR) is 150 cm³/mol. The van der Waals surface area contributed by atoms with E-state index in [0.717, 1.165) is 17.7 Å². The summed E-state index contributed by atoms with van der Waals surface area (Å²) in [6.45, 7) is 2.23. The van der Waals surface area contributed by atoms with E-state index >= 15 is 0 Å². The standard InChI is InChI=1S/C27H40N6O7S/c34-22(29-16-18-4-3-15-41-18)19-17-33(23(35)21(31-26(39)40)5-1-2-11-28-25(37)38)12-6-20(19)30-24(36)32-13-9-27(7-8-27)10-14-32/h3-4,15,19-21,28,31H,1-2,5-14,16-17H2,(H,29,34)(H,30,36)(H,37,38)(H,39,40)/t19-,20+,21?/m0/s1. The molecule has 0 bridgehead atoms. The van der Waals surface area contributed by atoms with Gasteiger partial charge in [-0.15, -0.1) is 11.3 Å². The van der Waals surface area contributed by atoms with Crippen LogP contribution >= 0.6 is 11.3 Å². The number of urea groups is 1. The Balaban J connectivity index is 1.38. The van der Waals surface area contributed by atoms with Crippen molar-refractivity contribution in [3.63, 3.8) is 0 Å². The number of nitrogens with one attached hydrogen (secondary N) is 4. The van der Waals surface area contributed by atoms with Crippen molar-refractivity contribution in [1.82, 2.24) is 31.1 Å². The molecule has 3 fully saturated rings. The topological polar surface area (TPSA) is 180 Å². The van der Waals surface area contributed by atoms with E-state index in [4.69, 9.17) is 5.11 Å². The average molecular weight is 593 g/mol. The van der Waals surface area contributed by atoms with Crippen LogP contribution in [0, 0.1) is 11.3 Å². The molecule has 4 rings (SSSR count). The summed E-state index contributed by atoms with van der Waals surface area (Å²) in [5.74, 6) is -1.43. The fourth-order valence-electron chi connectivity index (χ4n) is 5.72. The van der Waals surface area contributed by atoms with Crippen molar-refractivity contribution < 1.29 is 34.2 Å². The van der Waals surface area contributed by atoms with Crippen LogP contribution in [0.4, 0.5) is 14.4 Å². The zero-order valence-corrected chi connectivity index (χ0v) is 23.9. The van der Waals surface area contributed by atoms with Gasteiger partial charge in [0, 0.05) is 43.6 Å². The van der Waals surface area contributed by atoms with Crippen LogP contribution < -0.4 is 21.3 Å². The molecule has 1 aromatic rings. The highest BCUT2D eigenvalue weighted by Gasteiger charge is 2.46. The number of piperidine rings is 2. The second kappa shape index (κ2) is 13.9. The molecular formula is C27H40N6O7S. The lowest BCUT2D eigenvalue weighted by Crippen LogP contribution is -2.60. The minimum atomic E-state index is -1.34. The van der Waals surface area contributed by atoms with Crippen molar-refractivity contribution in [2.45, 2.75) is 70.0 Å². The maximum atomic E-state index is 13.4. The first kappa shape index (κ1) is 30.4. The summed E-state index contributed by atoms with van der Waals surface area (Å²) in [5.41, 5.74) is 0.431. The number of hydrogen-bond acceptors (Lipinski definition) is 6. The Morgan fingerprint density at radius 3 is 2.37 bits per heavy atom. The second-order valence-electron chi connectivity index (χ2n) is 11.2. The summed E-state index contributed by atoms with van der Waals surface area (Å²) in [7, 11) is 0. The van der Waals surface area contributed by atoms with Crippen LogP contribution in [0.5, 0.6) is 0 Å². The summed E-state index contributed by atoms with van der Waals surface area (Å²) in [4.78, 5) is 66.3. The molecule has 2 saturated heterocycles. The smallest absolute Gasteiger partial charge is 0.405 e. The quantitative estimate of drug-likeness (QED) is 0.213. The van der Waals surface area contributed by atoms with Crippen LogP contribution in [0.15, 0.2) is 17.5 Å². The molecule has 1 aliphatic carbocycles. The van der Waals surface area contributed by atoms with Gasteiger partial charge in [-0.2, -0.15) is 0 Å². The van der Waals surface area contributed by atoms with Crippen LogP contribution in [0.2, 0.25) is 0 Å². The normalized spacial score (nSPS) is 22.0. The zero-order chi connectivity index (χ0) is 29.4. The van der Waals surface area contributed by atoms with Gasteiger partial charge in [-0.25, -0.2) is 14.4 Å². The van der Waals surface area contributed by atoms with Crippen LogP contribution in [0.1, 0.15) is 56.2 Å². The van der Waals surface area contributed by atoms with Gasteiger partial charge in [0.2, 0.25) is 11.8 Å². The molecule has 1 aromatic heterocycles. The fraction of sp³-hybridized carbons (Fsp3) is 0.667. The third-order valence-electron chi connectivity index (χ3n) is 8.45. The highest BCUT2D eigenvalue weighted by atomic mass is 32.1. The fourth-order valence-corrected chi connectivity index (χ4v) is 6.36. The summed E-state index contributed by atoms with van der Waals surface area (Å²) in [6.07, 6.45) is 3.40. The van der Waals surface area contributed by atoms with E-state index in [-0.39, 0.29) is 38.0 Å². The Morgan fingerprint density at radius 1 is 0.976 bits per heavy atom. The highest BCUT2D eigenvalue weighted by Crippen LogP contribution is 2.53. The van der Waals surface area contributed by atoms with E-state index < -0.39 is 36.1 Å². The molecule has 3 heterocycles. The first-order chi connectivity index (χ1) is 19.7. The number of amides is 6. The summed E-state index contributed by atoms with van der Waals surface area (Å²) in [5, 5.41) is 30.5. The Bertz CT molecular complexity index is 1090. The van der Waals surface area contributed by atoms with Gasteiger partial charge in [0.25, 0.3) is 0 Å². The predicted octanol–water partition coefficient (Wildman–Crippen LogP) is 2.24. The van der Waals surface area contributed by atoms with Gasteiger partial charge >= 0.3 is 18.2 Å². The van der Waals surface area contributed by atoms with E-state index in [1.165, 1.54) is 29.1 Å². The molecule has 3 aliphatic rings. The monoisotopic (exact) mass is 592 g/mol. The Kier molecular flexibility index (Phi) is 10.3. The highest BCUT2D eigenvalue weighted by molar-refractivity contribution is 7.09. The van der Waals surface area contributed by atoms with E-state index in [1.807, 2.05) is 22.4 Å². The Hall–Kier alpha value is -3.55. The van der Waals surface area contributed by atoms with Crippen LogP contribution in [-0.2, 0) is 16.1 Å². The molecular weight excluding hydrogens is 552 g/mol. The maximum Gasteiger partial charge on any atom is 0.405 e. The summed E-state index contributed by atoms with van der Waals surface area (Å²) < 4.78 is 0. The average Bonchev–Trinajstić information content (AvgIpc) is 3.47. The molecule has 6 amide bonds. The maximum absolute atomic E-state index is 13.4. The number of carboxylic acid groups (broad SMARTS) is 2. The van der Waals surface area contributed by atoms with Gasteiger partial charge in [0.1, 0.15) is 6.04 Å². The lowest BCUT2D eigenvalue weighted by atomic mass is 9.90. The number of carbonyl (C=O) groups is 5. The van der Waals surface area contributed by atoms with Crippen molar-refractivity contribution in [3.8, 4) is 0 Å². The first-order valence-corrected chi connectivity index (χ1v) is 15.1. The van der Waals surface area contributed by atoms with Gasteiger partial charge in [-0.1, -0.05) is 6.07 Å². The number of hydrogen-bond donors (Lipinski definition) is 6. The molecule has 0 aromatic carbocycles. The van der Waals surface area contributed by atoms with E-state index in [1.54, 1.807) is 0 Å². The lowest BCUT2D eigenvalue weighted by molar-refractivity contribution is -0.138. The van der Waals surface area contributed by atoms with Gasteiger partial charge in [0.15, 0.2) is 0 Å². The molecule has 0 radical (unpaired) electrons. The van der Waals surface area contributed by atoms with Gasteiger partial charge in [0.05, 0.1) is 12.5 Å². The third-order valence-corrected chi connectivity index (χ3v) is 9.32. The number of thiophene rings is 1. The Morgan fingerprint density at radius 2 is 1.73 bits per heavy atom. The molecule has 14 heteroatoms. The largest absolute Gasteiger partial charge is 0.465 e. The summed E-state index contributed by atoms with van der Waals surface area (Å²) >= 11 is 1.52. The van der Waals surface area contributed by atoms with Crippen molar-refractivity contribution in [2.75, 3.05) is 32.7 Å². The molecule has 1 spiro atoms. The lowest BCUT2D eigenvalue weighted by Gasteiger charge is -2.40. The van der Waals surface area contributed by atoms with Crippen molar-refractivity contribution >= 4 is 41.4 Å². The minimum Gasteiger partial charge on any atom is -0.465 e. The SMILES string of the molecule is O=C(O)NCCCCC(NC(=O)O)C(=O)N1CC[C@@H](NC(=O)N2CCC3(CC2)CC3)[C@@H](C(=O)NCc2cccs2)C1. The first-order valence-electron chi connectivity index (χ1n) is 14.3. The third kappa shape index (κ3) is 8.72. The van der Waals surface area contributed by atoms with Crippen LogP contribution in [0.3, 0.4) is 0 Å². The van der Waals surface area contributed by atoms with Gasteiger partial charge in [-0.3, -0.25) is 9.59 Å². The molecule has 226 valence electrons. The van der Waals surface area contributed by atoms with E-state index in [2.05, 4.69) is 21.3 Å². The van der Waals surface area contributed by atoms with Gasteiger partial charge in [-0.05, 0) is 68.2 Å². The van der Waals surface area contributed by atoms with Gasteiger partial charge < -0.3 is 41.3 Å². The minimum absolute atomic E-state index is 0.0432. The zero-order valence-electron chi connectivity index (χ0n) is 23.1. The number of nitrogens with zero attached hydrogens (tertiary/aromatic N) is 2. The van der Waals surface area contributed by atoms with Crippen molar-refractivity contribution in [1.29, 1.82) is 0 Å². The molecule has 41 heavy (non-hydrogen) atoms. The summed E-state index contributed by atoms with van der Waals surface area (Å²) in [6, 6.07) is 2.12. The molecule has 2 aliphatic heterocycles. The van der Waals surface area contributed by atoms with Crippen LogP contribution in [0.25, 0.3) is 0 Å². The van der Waals surface area contributed by atoms with Crippen LogP contribution in [-0.4, -0.2) is 94.9 Å². The number of rotatable bonds is 11. The second-order valence-corrected chi connectivity index (χ2v) is 12.3. The van der Waals surface area contributed by atoms with E-state index in [9.17, 15) is 29.1 Å². The number of unbranched alkanes of at least 4 members (excludes halogenated alkanes) is 1. The Labute approximate surface area is 243 Å². The molecule has 1 saturated carbocycles. The van der Waals surface area contributed by atoms with E-state index in [0.29, 0.717) is 44.3 Å². The van der Waals surface area contributed by atoms with Crippen molar-refractivity contribution in [2.24, 2.45) is 11.3 Å². The molecule has 3 atom stereocenters. The number of likely N-dealkylation sites (tertiary alicyclic amines) is 2.